The molecular formula is C25H22ClNO3S2. The number of rotatable bonds is 7. The second-order valence-electron chi connectivity index (χ2n) is 7.90. The second kappa shape index (κ2) is 9.53. The summed E-state index contributed by atoms with van der Waals surface area (Å²) in [5.41, 5.74) is 6.20. The van der Waals surface area contributed by atoms with Gasteiger partial charge in [0.2, 0.25) is 0 Å². The molecule has 164 valence electrons. The van der Waals surface area contributed by atoms with Gasteiger partial charge in [-0.3, -0.25) is 4.99 Å². The summed E-state index contributed by atoms with van der Waals surface area (Å²) in [5, 5.41) is 22.0. The molecular weight excluding hydrogens is 462 g/mol. The van der Waals surface area contributed by atoms with Crippen molar-refractivity contribution < 1.29 is 15.0 Å². The van der Waals surface area contributed by atoms with Crippen molar-refractivity contribution in [1.29, 1.82) is 0 Å². The van der Waals surface area contributed by atoms with Gasteiger partial charge in [0.05, 0.1) is 22.0 Å². The highest BCUT2D eigenvalue weighted by atomic mass is 35.5. The number of carboxylic acids is 1. The minimum absolute atomic E-state index is 0.0716. The monoisotopic (exact) mass is 483 g/mol. The fourth-order valence-corrected chi connectivity index (χ4v) is 5.46. The van der Waals surface area contributed by atoms with Gasteiger partial charge in [-0.25, -0.2) is 4.79 Å². The average molecular weight is 484 g/mol. The molecule has 1 heterocycles. The van der Waals surface area contributed by atoms with E-state index >= 15 is 0 Å². The number of hydrogen-bond acceptors (Lipinski definition) is 5. The summed E-state index contributed by atoms with van der Waals surface area (Å²) in [6, 6.07) is 11.3. The highest BCUT2D eigenvalue weighted by Gasteiger charge is 2.17. The van der Waals surface area contributed by atoms with Crippen LogP contribution in [0, 0.1) is 0 Å². The lowest BCUT2D eigenvalue weighted by atomic mass is 10.0. The van der Waals surface area contributed by atoms with Crippen LogP contribution in [0.4, 0.5) is 0 Å². The van der Waals surface area contributed by atoms with Crippen LogP contribution in [0.2, 0.25) is 5.02 Å². The highest BCUT2D eigenvalue weighted by Crippen LogP contribution is 2.40. The Morgan fingerprint density at radius 3 is 2.69 bits per heavy atom. The van der Waals surface area contributed by atoms with Gasteiger partial charge < -0.3 is 10.2 Å². The Balaban J connectivity index is 1.45. The number of benzene rings is 2. The average Bonchev–Trinajstić information content (AvgIpc) is 3.37. The molecule has 1 aliphatic carbocycles. The Hall–Kier alpha value is -2.54. The van der Waals surface area contributed by atoms with E-state index in [4.69, 9.17) is 28.9 Å². The molecule has 0 atom stereocenters. The molecule has 4 nitrogen and oxygen atoms in total. The topological polar surface area (TPSA) is 69.9 Å². The molecule has 3 aromatic rings. The number of aromatic hydroxyl groups is 1. The Bertz CT molecular complexity index is 1250. The van der Waals surface area contributed by atoms with Crippen molar-refractivity contribution in [2.24, 2.45) is 4.99 Å². The van der Waals surface area contributed by atoms with Crippen LogP contribution in [-0.4, -0.2) is 33.3 Å². The SMILES string of the molecule is CC(=NCC(=S)Cc1ccc(C(=O)O)c(Cl)c1)c1csc(-c2ccc3c(c2)CCC3)c1O. The zero-order valence-electron chi connectivity index (χ0n) is 17.5. The van der Waals surface area contributed by atoms with Crippen LogP contribution in [0.25, 0.3) is 10.4 Å². The number of thiophene rings is 1. The third kappa shape index (κ3) is 4.77. The summed E-state index contributed by atoms with van der Waals surface area (Å²) in [6.07, 6.45) is 3.91. The van der Waals surface area contributed by atoms with E-state index in [-0.39, 0.29) is 16.3 Å². The van der Waals surface area contributed by atoms with E-state index in [2.05, 4.69) is 23.2 Å². The van der Waals surface area contributed by atoms with Crippen molar-refractivity contribution in [3.05, 3.63) is 74.6 Å². The quantitative estimate of drug-likeness (QED) is 0.302. The first-order valence-corrected chi connectivity index (χ1v) is 12.0. The molecule has 7 heteroatoms. The normalized spacial score (nSPS) is 13.2. The Morgan fingerprint density at radius 1 is 1.16 bits per heavy atom. The third-order valence-corrected chi connectivity index (χ3v) is 7.28. The van der Waals surface area contributed by atoms with Crippen molar-refractivity contribution in [2.75, 3.05) is 6.54 Å². The van der Waals surface area contributed by atoms with Crippen LogP contribution in [0.1, 0.15) is 46.0 Å². The molecule has 0 unspecified atom stereocenters. The van der Waals surface area contributed by atoms with Crippen LogP contribution in [0.5, 0.6) is 5.75 Å². The number of hydrogen-bond donors (Lipinski definition) is 2. The van der Waals surface area contributed by atoms with Crippen molar-refractivity contribution >= 4 is 51.7 Å². The van der Waals surface area contributed by atoms with E-state index in [0.29, 0.717) is 17.8 Å². The standard InChI is InChI=1S/C25H22ClNO3S2/c1-14(27-12-19(31)9-15-5-8-20(25(29)30)22(26)10-15)21-13-32-24(23(21)28)18-7-6-16-3-2-4-17(16)11-18/h5-8,10-11,13,28H,2-4,9,12H2,1H3,(H,29,30). The molecule has 2 aromatic carbocycles. The molecule has 0 aliphatic heterocycles. The van der Waals surface area contributed by atoms with E-state index < -0.39 is 5.97 Å². The van der Waals surface area contributed by atoms with Gasteiger partial charge in [-0.05, 0) is 66.6 Å². The van der Waals surface area contributed by atoms with Crippen LogP contribution < -0.4 is 0 Å². The van der Waals surface area contributed by atoms with E-state index in [1.807, 2.05) is 12.3 Å². The first kappa shape index (κ1) is 22.6. The van der Waals surface area contributed by atoms with Crippen molar-refractivity contribution in [2.45, 2.75) is 32.6 Å². The largest absolute Gasteiger partial charge is 0.506 e. The van der Waals surface area contributed by atoms with Gasteiger partial charge in [0.25, 0.3) is 0 Å². The van der Waals surface area contributed by atoms with Crippen molar-refractivity contribution in [1.82, 2.24) is 0 Å². The zero-order valence-corrected chi connectivity index (χ0v) is 19.9. The van der Waals surface area contributed by atoms with Crippen LogP contribution in [0.15, 0.2) is 46.8 Å². The minimum Gasteiger partial charge on any atom is -0.506 e. The maximum absolute atomic E-state index is 11.1. The van der Waals surface area contributed by atoms with Gasteiger partial charge in [0, 0.05) is 27.9 Å². The number of nitrogens with zero attached hydrogens (tertiary/aromatic N) is 1. The number of thiocarbonyl (C=S) groups is 1. The first-order valence-electron chi connectivity index (χ1n) is 10.3. The Kier molecular flexibility index (Phi) is 6.74. The van der Waals surface area contributed by atoms with Crippen LogP contribution >= 0.6 is 35.2 Å². The highest BCUT2D eigenvalue weighted by molar-refractivity contribution is 7.80. The zero-order chi connectivity index (χ0) is 22.8. The Labute approximate surface area is 201 Å². The number of aryl methyl sites for hydroxylation is 2. The predicted molar refractivity (Wildman–Crippen MR) is 135 cm³/mol. The molecule has 0 saturated carbocycles. The molecule has 0 saturated heterocycles. The summed E-state index contributed by atoms with van der Waals surface area (Å²) in [4.78, 5) is 17.2. The lowest BCUT2D eigenvalue weighted by Gasteiger charge is -2.06. The van der Waals surface area contributed by atoms with Gasteiger partial charge in [-0.2, -0.15) is 0 Å². The molecule has 0 fully saturated rings. The summed E-state index contributed by atoms with van der Waals surface area (Å²) < 4.78 is 0. The molecule has 32 heavy (non-hydrogen) atoms. The molecule has 0 amide bonds. The van der Waals surface area contributed by atoms with Gasteiger partial charge in [-0.15, -0.1) is 11.3 Å². The minimum atomic E-state index is -1.06. The number of fused-ring (bicyclic) bond motifs is 1. The van der Waals surface area contributed by atoms with E-state index in [9.17, 15) is 9.90 Å². The maximum atomic E-state index is 11.1. The number of aromatic carboxylic acids is 1. The molecule has 1 aromatic heterocycles. The molecule has 0 radical (unpaired) electrons. The predicted octanol–water partition coefficient (Wildman–Crippen LogP) is 6.38. The summed E-state index contributed by atoms with van der Waals surface area (Å²) in [5.74, 6) is -0.796. The number of carbonyl (C=O) groups is 1. The molecule has 2 N–H and O–H groups in total. The van der Waals surface area contributed by atoms with Crippen molar-refractivity contribution in [3.8, 4) is 16.2 Å². The number of carboxylic acid groups (broad SMARTS) is 1. The Morgan fingerprint density at radius 2 is 1.94 bits per heavy atom. The lowest BCUT2D eigenvalue weighted by Crippen LogP contribution is -2.07. The van der Waals surface area contributed by atoms with Gasteiger partial charge in [0.15, 0.2) is 0 Å². The molecule has 0 spiro atoms. The molecule has 0 bridgehead atoms. The smallest absolute Gasteiger partial charge is 0.337 e. The summed E-state index contributed by atoms with van der Waals surface area (Å²) in [6.45, 7) is 2.21. The van der Waals surface area contributed by atoms with Crippen LogP contribution in [-0.2, 0) is 19.3 Å². The fourth-order valence-electron chi connectivity index (χ4n) is 3.94. The summed E-state index contributed by atoms with van der Waals surface area (Å²) >= 11 is 13.0. The lowest BCUT2D eigenvalue weighted by molar-refractivity contribution is 0.0697. The van der Waals surface area contributed by atoms with Crippen molar-refractivity contribution in [3.63, 3.8) is 0 Å². The number of aliphatic imine (C=N–C) groups is 1. The van der Waals surface area contributed by atoms with E-state index in [0.717, 1.165) is 40.1 Å². The van der Waals surface area contributed by atoms with Gasteiger partial charge in [-0.1, -0.05) is 42.0 Å². The molecule has 1 aliphatic rings. The van der Waals surface area contributed by atoms with E-state index in [1.165, 1.54) is 35.0 Å². The molecule has 4 rings (SSSR count). The first-order chi connectivity index (χ1) is 15.3. The van der Waals surface area contributed by atoms with Crippen LogP contribution in [0.3, 0.4) is 0 Å². The van der Waals surface area contributed by atoms with Gasteiger partial charge >= 0.3 is 5.97 Å². The van der Waals surface area contributed by atoms with Gasteiger partial charge in [0.1, 0.15) is 5.75 Å². The number of halogens is 1. The third-order valence-electron chi connectivity index (χ3n) is 5.67. The summed E-state index contributed by atoms with van der Waals surface area (Å²) in [7, 11) is 0. The maximum Gasteiger partial charge on any atom is 0.337 e. The fraction of sp³-hybridized carbons (Fsp3) is 0.240. The second-order valence-corrected chi connectivity index (χ2v) is 9.76. The van der Waals surface area contributed by atoms with E-state index in [1.54, 1.807) is 12.1 Å².